The molecule has 0 atom stereocenters. The first-order valence-electron chi connectivity index (χ1n) is 8.71. The maximum absolute atomic E-state index is 13.7. The summed E-state index contributed by atoms with van der Waals surface area (Å²) in [7, 11) is -1.86. The lowest BCUT2D eigenvalue weighted by Crippen LogP contribution is -2.46. The second-order valence-corrected chi connectivity index (χ2v) is 10.1. The Kier molecular flexibility index (Phi) is 6.32. The van der Waals surface area contributed by atoms with Gasteiger partial charge in [0.15, 0.2) is 11.6 Å². The molecule has 0 aromatic heterocycles. The lowest BCUT2D eigenvalue weighted by atomic mass is 9.86. The smallest absolute Gasteiger partial charge is 0.216 e. The number of ether oxygens (including phenoxy) is 1. The molecule has 1 aliphatic carbocycles. The molecule has 0 spiro atoms. The van der Waals surface area contributed by atoms with Gasteiger partial charge in [0.25, 0.3) is 0 Å². The number of sulfonamides is 1. The van der Waals surface area contributed by atoms with Crippen LogP contribution in [0.25, 0.3) is 0 Å². The number of anilines is 1. The second-order valence-electron chi connectivity index (χ2n) is 7.68. The van der Waals surface area contributed by atoms with Crippen LogP contribution in [0.1, 0.15) is 46.5 Å². The Morgan fingerprint density at radius 3 is 2.36 bits per heavy atom. The summed E-state index contributed by atoms with van der Waals surface area (Å²) in [5.74, 6) is 0.311. The predicted molar refractivity (Wildman–Crippen MR) is 99.0 cm³/mol. The first-order valence-corrected chi connectivity index (χ1v) is 10.2. The van der Waals surface area contributed by atoms with E-state index in [1.165, 1.54) is 13.2 Å². The summed E-state index contributed by atoms with van der Waals surface area (Å²) in [6, 6.07) is 4.85. The topological polar surface area (TPSA) is 67.4 Å². The summed E-state index contributed by atoms with van der Waals surface area (Å²) in [6.45, 7) is 5.88. The van der Waals surface area contributed by atoms with Crippen LogP contribution < -0.4 is 14.8 Å². The van der Waals surface area contributed by atoms with Crippen LogP contribution in [0.15, 0.2) is 18.2 Å². The Morgan fingerprint density at radius 2 is 1.84 bits per heavy atom. The van der Waals surface area contributed by atoms with Crippen molar-refractivity contribution < 1.29 is 17.5 Å². The molecular weight excluding hydrogens is 343 g/mol. The van der Waals surface area contributed by atoms with E-state index in [0.29, 0.717) is 5.92 Å². The highest BCUT2D eigenvalue weighted by Crippen LogP contribution is 2.27. The fourth-order valence-corrected chi connectivity index (χ4v) is 3.95. The molecule has 1 aliphatic rings. The van der Waals surface area contributed by atoms with Crippen LogP contribution in [0, 0.1) is 11.7 Å². The zero-order chi connectivity index (χ0) is 18.7. The molecule has 0 amide bonds. The van der Waals surface area contributed by atoms with Crippen molar-refractivity contribution in [3.63, 3.8) is 0 Å². The Labute approximate surface area is 150 Å². The van der Waals surface area contributed by atoms with E-state index in [0.717, 1.165) is 37.9 Å². The van der Waals surface area contributed by atoms with Crippen LogP contribution in [0.4, 0.5) is 10.1 Å². The minimum atomic E-state index is -3.30. The van der Waals surface area contributed by atoms with Crippen molar-refractivity contribution in [3.05, 3.63) is 24.0 Å². The molecule has 25 heavy (non-hydrogen) atoms. The third-order valence-corrected chi connectivity index (χ3v) is 6.98. The average molecular weight is 373 g/mol. The number of halogens is 1. The molecule has 1 aromatic rings. The van der Waals surface area contributed by atoms with Crippen LogP contribution >= 0.6 is 0 Å². The maximum Gasteiger partial charge on any atom is 0.216 e. The maximum atomic E-state index is 13.7. The molecule has 142 valence electrons. The van der Waals surface area contributed by atoms with Gasteiger partial charge in [-0.05, 0) is 64.5 Å². The number of nitrogens with one attached hydrogen (secondary N) is 2. The zero-order valence-corrected chi connectivity index (χ0v) is 16.2. The van der Waals surface area contributed by atoms with Gasteiger partial charge in [0.1, 0.15) is 0 Å². The van der Waals surface area contributed by atoms with E-state index in [1.54, 1.807) is 32.9 Å². The Balaban J connectivity index is 1.80. The van der Waals surface area contributed by atoms with Crippen molar-refractivity contribution in [3.8, 4) is 5.75 Å². The highest BCUT2D eigenvalue weighted by molar-refractivity contribution is 7.90. The number of rotatable bonds is 6. The zero-order valence-electron chi connectivity index (χ0n) is 15.4. The first kappa shape index (κ1) is 20.0. The van der Waals surface area contributed by atoms with Crippen LogP contribution in [0.5, 0.6) is 5.75 Å². The van der Waals surface area contributed by atoms with E-state index in [2.05, 4.69) is 10.0 Å². The molecule has 2 N–H and O–H groups in total. The van der Waals surface area contributed by atoms with Gasteiger partial charge in [-0.2, -0.15) is 0 Å². The van der Waals surface area contributed by atoms with Gasteiger partial charge >= 0.3 is 0 Å². The molecule has 1 saturated carbocycles. The highest BCUT2D eigenvalue weighted by Gasteiger charge is 2.32. The number of hydrogen-bond acceptors (Lipinski definition) is 4. The van der Waals surface area contributed by atoms with Gasteiger partial charge in [-0.25, -0.2) is 17.5 Å². The van der Waals surface area contributed by atoms with Crippen molar-refractivity contribution in [2.24, 2.45) is 5.92 Å². The summed E-state index contributed by atoms with van der Waals surface area (Å²) in [4.78, 5) is 0. The molecule has 1 fully saturated rings. The van der Waals surface area contributed by atoms with Crippen molar-refractivity contribution in [1.29, 1.82) is 0 Å². The summed E-state index contributed by atoms with van der Waals surface area (Å²) in [5, 5.41) is 3.26. The van der Waals surface area contributed by atoms with E-state index >= 15 is 0 Å². The Bertz CT molecular complexity index is 678. The van der Waals surface area contributed by atoms with Crippen LogP contribution in [0.3, 0.4) is 0 Å². The monoisotopic (exact) mass is 372 g/mol. The van der Waals surface area contributed by atoms with Gasteiger partial charge in [0.05, 0.1) is 11.9 Å². The lowest BCUT2D eigenvalue weighted by molar-refractivity contribution is 0.322. The van der Waals surface area contributed by atoms with E-state index < -0.39 is 14.8 Å². The van der Waals surface area contributed by atoms with E-state index in [4.69, 9.17) is 4.74 Å². The van der Waals surface area contributed by atoms with Crippen LogP contribution in [0.2, 0.25) is 0 Å². The normalized spacial score (nSPS) is 21.8. The number of methoxy groups -OCH3 is 1. The minimum Gasteiger partial charge on any atom is -0.494 e. The molecule has 2 rings (SSSR count). The van der Waals surface area contributed by atoms with Crippen molar-refractivity contribution in [2.75, 3.05) is 19.0 Å². The predicted octanol–water partition coefficient (Wildman–Crippen LogP) is 3.52. The molecule has 0 heterocycles. The highest BCUT2D eigenvalue weighted by atomic mass is 32.2. The largest absolute Gasteiger partial charge is 0.494 e. The summed E-state index contributed by atoms with van der Waals surface area (Å²) < 4.78 is 45.1. The quantitative estimate of drug-likeness (QED) is 0.802. The molecular formula is C18H29FN2O3S. The standard InChI is InChI=1S/C18H29FN2O3S/c1-18(2,3)25(22,23)21-14-7-5-13(6-8-14)12-20-15-9-10-17(24-4)16(19)11-15/h9-11,13-14,20-21H,5-8,12H2,1-4H3. The van der Waals surface area contributed by atoms with E-state index in [-0.39, 0.29) is 17.6 Å². The van der Waals surface area contributed by atoms with Crippen molar-refractivity contribution >= 4 is 15.7 Å². The van der Waals surface area contributed by atoms with Gasteiger partial charge < -0.3 is 10.1 Å². The molecule has 0 radical (unpaired) electrons. The molecule has 0 aliphatic heterocycles. The molecule has 0 saturated heterocycles. The fourth-order valence-electron chi connectivity index (χ4n) is 2.92. The third-order valence-electron chi connectivity index (χ3n) is 4.72. The lowest BCUT2D eigenvalue weighted by Gasteiger charge is -2.31. The van der Waals surface area contributed by atoms with Crippen molar-refractivity contribution in [1.82, 2.24) is 4.72 Å². The second kappa shape index (κ2) is 7.91. The molecule has 0 bridgehead atoms. The number of hydrogen-bond donors (Lipinski definition) is 2. The van der Waals surface area contributed by atoms with Gasteiger partial charge in [0.2, 0.25) is 10.0 Å². The van der Waals surface area contributed by atoms with E-state index in [9.17, 15) is 12.8 Å². The summed E-state index contributed by atoms with van der Waals surface area (Å²) in [6.07, 6.45) is 3.56. The van der Waals surface area contributed by atoms with Crippen LogP contribution in [-0.2, 0) is 10.0 Å². The Hall–Kier alpha value is -1.34. The number of benzene rings is 1. The molecule has 1 aromatic carbocycles. The molecule has 5 nitrogen and oxygen atoms in total. The minimum absolute atomic E-state index is 0.0129. The van der Waals surface area contributed by atoms with Crippen LogP contribution in [-0.4, -0.2) is 32.9 Å². The SMILES string of the molecule is COc1ccc(NCC2CCC(NS(=O)(=O)C(C)(C)C)CC2)cc1F. The third kappa shape index (κ3) is 5.31. The van der Waals surface area contributed by atoms with E-state index in [1.807, 2.05) is 0 Å². The summed E-state index contributed by atoms with van der Waals surface area (Å²) in [5.41, 5.74) is 0.730. The molecule has 7 heteroatoms. The first-order chi connectivity index (χ1) is 11.6. The molecule has 0 unspecified atom stereocenters. The van der Waals surface area contributed by atoms with Gasteiger partial charge in [-0.1, -0.05) is 0 Å². The van der Waals surface area contributed by atoms with Gasteiger partial charge in [-0.15, -0.1) is 0 Å². The average Bonchev–Trinajstić information content (AvgIpc) is 2.53. The summed E-state index contributed by atoms with van der Waals surface area (Å²) >= 11 is 0. The van der Waals surface area contributed by atoms with Gasteiger partial charge in [-0.3, -0.25) is 0 Å². The Morgan fingerprint density at radius 1 is 1.20 bits per heavy atom. The van der Waals surface area contributed by atoms with Crippen molar-refractivity contribution in [2.45, 2.75) is 57.2 Å². The fraction of sp³-hybridized carbons (Fsp3) is 0.667. The van der Waals surface area contributed by atoms with Gasteiger partial charge in [0, 0.05) is 24.3 Å².